The second-order valence-electron chi connectivity index (χ2n) is 7.96. The molecular formula is C22H28N4O3. The number of benzene rings is 1. The van der Waals surface area contributed by atoms with Gasteiger partial charge in [0.2, 0.25) is 0 Å². The first-order valence-electron chi connectivity index (χ1n) is 10.3. The molecule has 4 rings (SSSR count). The molecule has 0 N–H and O–H groups in total. The Labute approximate surface area is 170 Å². The molecule has 154 valence electrons. The van der Waals surface area contributed by atoms with Gasteiger partial charge in [0.25, 0.3) is 11.5 Å². The number of rotatable bonds is 3. The lowest BCUT2D eigenvalue weighted by molar-refractivity contribution is 0.0669. The van der Waals surface area contributed by atoms with Crippen LogP contribution in [0.3, 0.4) is 0 Å². The molecule has 0 aliphatic carbocycles. The van der Waals surface area contributed by atoms with Gasteiger partial charge in [0.05, 0.1) is 31.1 Å². The molecule has 29 heavy (non-hydrogen) atoms. The van der Waals surface area contributed by atoms with E-state index in [-0.39, 0.29) is 17.5 Å². The van der Waals surface area contributed by atoms with Crippen molar-refractivity contribution in [2.75, 3.05) is 44.3 Å². The molecule has 7 nitrogen and oxygen atoms in total. The Kier molecular flexibility index (Phi) is 5.67. The first-order chi connectivity index (χ1) is 14.0. The van der Waals surface area contributed by atoms with Crippen molar-refractivity contribution in [1.82, 2.24) is 14.7 Å². The zero-order valence-electron chi connectivity index (χ0n) is 17.1. The Hall–Kier alpha value is -2.67. The predicted octanol–water partition coefficient (Wildman–Crippen LogP) is 2.17. The molecule has 1 aromatic carbocycles. The molecule has 0 saturated carbocycles. The molecule has 1 atom stereocenters. The summed E-state index contributed by atoms with van der Waals surface area (Å²) < 4.78 is 6.92. The monoisotopic (exact) mass is 396 g/mol. The SMILES string of the molecule is Cc1ccc(C(=O)N2CCC[C@@H](n3ncc(N4CCOCC4)cc3=O)C2)c(C)c1. The van der Waals surface area contributed by atoms with Crippen molar-refractivity contribution in [3.8, 4) is 0 Å². The number of piperidine rings is 1. The van der Waals surface area contributed by atoms with E-state index in [1.807, 2.05) is 36.9 Å². The molecule has 7 heteroatoms. The highest BCUT2D eigenvalue weighted by Crippen LogP contribution is 2.23. The Balaban J connectivity index is 1.50. The molecule has 2 aliphatic rings. The molecule has 0 radical (unpaired) electrons. The van der Waals surface area contributed by atoms with Gasteiger partial charge in [-0.2, -0.15) is 5.10 Å². The third-order valence-electron chi connectivity index (χ3n) is 5.83. The van der Waals surface area contributed by atoms with E-state index in [2.05, 4.69) is 10.00 Å². The largest absolute Gasteiger partial charge is 0.378 e. The second kappa shape index (κ2) is 8.37. The van der Waals surface area contributed by atoms with E-state index in [1.54, 1.807) is 16.9 Å². The smallest absolute Gasteiger partial charge is 0.269 e. The van der Waals surface area contributed by atoms with Crippen molar-refractivity contribution >= 4 is 11.6 Å². The fraction of sp³-hybridized carbons (Fsp3) is 0.500. The van der Waals surface area contributed by atoms with Crippen LogP contribution in [0.5, 0.6) is 0 Å². The third-order valence-corrected chi connectivity index (χ3v) is 5.83. The van der Waals surface area contributed by atoms with Crippen LogP contribution in [0.2, 0.25) is 0 Å². The number of amides is 1. The quantitative estimate of drug-likeness (QED) is 0.796. The summed E-state index contributed by atoms with van der Waals surface area (Å²) in [6, 6.07) is 7.47. The van der Waals surface area contributed by atoms with Crippen LogP contribution in [0.15, 0.2) is 35.3 Å². The summed E-state index contributed by atoms with van der Waals surface area (Å²) >= 11 is 0. The van der Waals surface area contributed by atoms with Gasteiger partial charge in [-0.05, 0) is 38.3 Å². The number of aromatic nitrogens is 2. The van der Waals surface area contributed by atoms with Crippen molar-refractivity contribution < 1.29 is 9.53 Å². The van der Waals surface area contributed by atoms with Crippen LogP contribution in [0, 0.1) is 13.8 Å². The van der Waals surface area contributed by atoms with E-state index in [1.165, 1.54) is 0 Å². The molecule has 1 aromatic heterocycles. The van der Waals surface area contributed by atoms with Gasteiger partial charge < -0.3 is 14.5 Å². The summed E-state index contributed by atoms with van der Waals surface area (Å²) in [7, 11) is 0. The number of aryl methyl sites for hydroxylation is 2. The van der Waals surface area contributed by atoms with Crippen LogP contribution in [0.4, 0.5) is 5.69 Å². The molecule has 1 amide bonds. The molecular weight excluding hydrogens is 368 g/mol. The summed E-state index contributed by atoms with van der Waals surface area (Å²) in [5.74, 6) is 0.0326. The number of morpholine rings is 1. The topological polar surface area (TPSA) is 67.7 Å². The normalized spacial score (nSPS) is 20.0. The molecule has 2 aliphatic heterocycles. The van der Waals surface area contributed by atoms with Crippen LogP contribution in [0.1, 0.15) is 40.4 Å². The number of carbonyl (C=O) groups excluding carboxylic acids is 1. The Morgan fingerprint density at radius 2 is 1.93 bits per heavy atom. The van der Waals surface area contributed by atoms with E-state index in [4.69, 9.17) is 4.74 Å². The zero-order valence-corrected chi connectivity index (χ0v) is 17.1. The number of carbonyl (C=O) groups is 1. The van der Waals surface area contributed by atoms with Gasteiger partial charge in [0, 0.05) is 37.8 Å². The maximum absolute atomic E-state index is 13.1. The fourth-order valence-electron chi connectivity index (χ4n) is 4.24. The molecule has 0 unspecified atom stereocenters. The summed E-state index contributed by atoms with van der Waals surface area (Å²) in [5, 5.41) is 4.46. The van der Waals surface area contributed by atoms with Crippen LogP contribution in [-0.2, 0) is 4.74 Å². The van der Waals surface area contributed by atoms with Crippen molar-refractivity contribution in [3.05, 3.63) is 57.5 Å². The number of nitrogens with zero attached hydrogens (tertiary/aromatic N) is 4. The minimum absolute atomic E-state index is 0.0326. The van der Waals surface area contributed by atoms with Crippen molar-refractivity contribution in [3.63, 3.8) is 0 Å². The second-order valence-corrected chi connectivity index (χ2v) is 7.96. The Bertz CT molecular complexity index is 949. The highest BCUT2D eigenvalue weighted by Gasteiger charge is 2.27. The first-order valence-corrected chi connectivity index (χ1v) is 10.3. The van der Waals surface area contributed by atoms with E-state index in [0.717, 1.165) is 48.3 Å². The fourth-order valence-corrected chi connectivity index (χ4v) is 4.24. The van der Waals surface area contributed by atoms with Gasteiger partial charge in [-0.1, -0.05) is 17.7 Å². The standard InChI is InChI=1S/C22H28N4O3/c1-16-5-6-20(17(2)12-16)22(28)25-7-3-4-18(15-25)26-21(27)13-19(14-23-26)24-8-10-29-11-9-24/h5-6,12-14,18H,3-4,7-11,15H2,1-2H3/t18-/m1/s1. The van der Waals surface area contributed by atoms with Crippen molar-refractivity contribution in [2.45, 2.75) is 32.7 Å². The van der Waals surface area contributed by atoms with E-state index in [9.17, 15) is 9.59 Å². The van der Waals surface area contributed by atoms with Gasteiger partial charge >= 0.3 is 0 Å². The maximum atomic E-state index is 13.1. The van der Waals surface area contributed by atoms with Crippen LogP contribution >= 0.6 is 0 Å². The number of ether oxygens (including phenoxy) is 1. The molecule has 0 bridgehead atoms. The molecule has 2 saturated heterocycles. The number of anilines is 1. The van der Waals surface area contributed by atoms with Crippen molar-refractivity contribution in [1.29, 1.82) is 0 Å². The average molecular weight is 396 g/mol. The predicted molar refractivity (Wildman–Crippen MR) is 112 cm³/mol. The minimum Gasteiger partial charge on any atom is -0.378 e. The summed E-state index contributed by atoms with van der Waals surface area (Å²) in [4.78, 5) is 29.8. The summed E-state index contributed by atoms with van der Waals surface area (Å²) in [6.45, 7) is 8.09. The highest BCUT2D eigenvalue weighted by molar-refractivity contribution is 5.95. The van der Waals surface area contributed by atoms with Gasteiger partial charge in [-0.25, -0.2) is 4.68 Å². The zero-order chi connectivity index (χ0) is 20.4. The lowest BCUT2D eigenvalue weighted by Gasteiger charge is -2.34. The Morgan fingerprint density at radius 3 is 2.66 bits per heavy atom. The van der Waals surface area contributed by atoms with Gasteiger partial charge in [-0.15, -0.1) is 0 Å². The van der Waals surface area contributed by atoms with Crippen LogP contribution in [0.25, 0.3) is 0 Å². The van der Waals surface area contributed by atoms with Gasteiger partial charge in [0.1, 0.15) is 0 Å². The number of hydrogen-bond acceptors (Lipinski definition) is 5. The Morgan fingerprint density at radius 1 is 1.14 bits per heavy atom. The van der Waals surface area contributed by atoms with Crippen LogP contribution in [-0.4, -0.2) is 60.0 Å². The highest BCUT2D eigenvalue weighted by atomic mass is 16.5. The number of hydrogen-bond donors (Lipinski definition) is 0. The molecule has 3 heterocycles. The van der Waals surface area contributed by atoms with E-state index < -0.39 is 0 Å². The average Bonchev–Trinajstić information content (AvgIpc) is 2.74. The summed E-state index contributed by atoms with van der Waals surface area (Å²) in [5.41, 5.74) is 3.60. The maximum Gasteiger partial charge on any atom is 0.269 e. The van der Waals surface area contributed by atoms with Gasteiger partial charge in [0.15, 0.2) is 0 Å². The lowest BCUT2D eigenvalue weighted by atomic mass is 10.0. The lowest BCUT2D eigenvalue weighted by Crippen LogP contribution is -2.44. The number of likely N-dealkylation sites (tertiary alicyclic amines) is 1. The van der Waals surface area contributed by atoms with Crippen molar-refractivity contribution in [2.24, 2.45) is 0 Å². The first kappa shape index (κ1) is 19.6. The third kappa shape index (κ3) is 4.19. The molecule has 0 spiro atoms. The van der Waals surface area contributed by atoms with E-state index >= 15 is 0 Å². The van der Waals surface area contributed by atoms with E-state index in [0.29, 0.717) is 26.3 Å². The van der Waals surface area contributed by atoms with Gasteiger partial charge in [-0.3, -0.25) is 9.59 Å². The minimum atomic E-state index is -0.111. The summed E-state index contributed by atoms with van der Waals surface area (Å²) in [6.07, 6.45) is 3.47. The molecule has 2 fully saturated rings. The van der Waals surface area contributed by atoms with Crippen LogP contribution < -0.4 is 10.5 Å². The molecule has 2 aromatic rings.